The van der Waals surface area contributed by atoms with E-state index in [1.54, 1.807) is 0 Å². The van der Waals surface area contributed by atoms with Crippen LogP contribution in [0.2, 0.25) is 0 Å². The molecule has 0 N–H and O–H groups in total. The minimum absolute atomic E-state index is 1.17. The zero-order chi connectivity index (χ0) is 17.2. The number of nitrogens with zero attached hydrogens (tertiary/aromatic N) is 4. The van der Waals surface area contributed by atoms with Gasteiger partial charge in [-0.25, -0.2) is 15.0 Å². The molecule has 0 amide bonds. The zero-order valence-electron chi connectivity index (χ0n) is 13.7. The SMILES string of the molecule is c1ccc(N(c2ccccc2)c2ccccc2)cc1.c1ncncn1. The van der Waals surface area contributed by atoms with Gasteiger partial charge in [-0.05, 0) is 36.4 Å². The smallest absolute Gasteiger partial charge is 0.119 e. The maximum atomic E-state index is 3.56. The Kier molecular flexibility index (Phi) is 5.84. The van der Waals surface area contributed by atoms with Crippen molar-refractivity contribution in [3.63, 3.8) is 0 Å². The normalized spacial score (nSPS) is 9.60. The van der Waals surface area contributed by atoms with Crippen molar-refractivity contribution in [2.45, 2.75) is 0 Å². The van der Waals surface area contributed by atoms with E-state index in [1.807, 2.05) is 18.2 Å². The number of benzene rings is 3. The summed E-state index contributed by atoms with van der Waals surface area (Å²) in [6, 6.07) is 31.3. The van der Waals surface area contributed by atoms with E-state index in [0.717, 1.165) is 0 Å². The molecule has 0 saturated carbocycles. The molecular weight excluding hydrogens is 308 g/mol. The van der Waals surface area contributed by atoms with Crippen molar-refractivity contribution in [2.75, 3.05) is 4.90 Å². The van der Waals surface area contributed by atoms with Crippen LogP contribution in [0.5, 0.6) is 0 Å². The predicted molar refractivity (Wildman–Crippen MR) is 101 cm³/mol. The van der Waals surface area contributed by atoms with Gasteiger partial charge >= 0.3 is 0 Å². The minimum Gasteiger partial charge on any atom is -0.311 e. The highest BCUT2D eigenvalue weighted by Gasteiger charge is 2.10. The third kappa shape index (κ3) is 4.72. The maximum Gasteiger partial charge on any atom is 0.119 e. The van der Waals surface area contributed by atoms with Gasteiger partial charge in [-0.3, -0.25) is 0 Å². The minimum atomic E-state index is 1.17. The first kappa shape index (κ1) is 16.3. The highest BCUT2D eigenvalue weighted by molar-refractivity contribution is 5.76. The molecule has 0 bridgehead atoms. The Morgan fingerprint density at radius 1 is 0.400 bits per heavy atom. The lowest BCUT2D eigenvalue weighted by atomic mass is 10.2. The third-order valence-electron chi connectivity index (χ3n) is 3.44. The Labute approximate surface area is 147 Å². The van der Waals surface area contributed by atoms with Crippen LogP contribution in [0.3, 0.4) is 0 Å². The molecule has 4 rings (SSSR count). The zero-order valence-corrected chi connectivity index (χ0v) is 13.7. The summed E-state index contributed by atoms with van der Waals surface area (Å²) >= 11 is 0. The van der Waals surface area contributed by atoms with Gasteiger partial charge in [0.2, 0.25) is 0 Å². The summed E-state index contributed by atoms with van der Waals surface area (Å²) in [6.07, 6.45) is 4.31. The van der Waals surface area contributed by atoms with Crippen LogP contribution in [-0.2, 0) is 0 Å². The van der Waals surface area contributed by atoms with Gasteiger partial charge in [0.05, 0.1) is 0 Å². The molecule has 4 aromatic rings. The summed E-state index contributed by atoms with van der Waals surface area (Å²) in [5.74, 6) is 0. The quantitative estimate of drug-likeness (QED) is 0.529. The standard InChI is InChI=1S/C18H15N.C3H3N3/c1-4-10-16(11-5-1)19(17-12-6-2-7-13-17)18-14-8-3-9-15-18;1-4-2-6-3-5-1/h1-15H;1-3H. The van der Waals surface area contributed by atoms with Gasteiger partial charge in [-0.15, -0.1) is 0 Å². The fourth-order valence-corrected chi connectivity index (χ4v) is 2.38. The predicted octanol–water partition coefficient (Wildman–Crippen LogP) is 5.03. The van der Waals surface area contributed by atoms with Gasteiger partial charge in [0.1, 0.15) is 19.0 Å². The molecule has 0 aliphatic carbocycles. The van der Waals surface area contributed by atoms with E-state index in [-0.39, 0.29) is 0 Å². The molecule has 3 aromatic carbocycles. The summed E-state index contributed by atoms with van der Waals surface area (Å²) < 4.78 is 0. The highest BCUT2D eigenvalue weighted by Crippen LogP contribution is 2.33. The monoisotopic (exact) mass is 326 g/mol. The highest BCUT2D eigenvalue weighted by atomic mass is 15.1. The first-order chi connectivity index (χ1) is 12.4. The van der Waals surface area contributed by atoms with Crippen LogP contribution in [0.4, 0.5) is 17.1 Å². The summed E-state index contributed by atoms with van der Waals surface area (Å²) in [5.41, 5.74) is 3.50. The van der Waals surface area contributed by atoms with E-state index in [9.17, 15) is 0 Å². The van der Waals surface area contributed by atoms with Crippen molar-refractivity contribution >= 4 is 17.1 Å². The van der Waals surface area contributed by atoms with Gasteiger partial charge in [0.25, 0.3) is 0 Å². The fourth-order valence-electron chi connectivity index (χ4n) is 2.38. The molecule has 0 unspecified atom stereocenters. The third-order valence-corrected chi connectivity index (χ3v) is 3.44. The molecule has 1 heterocycles. The van der Waals surface area contributed by atoms with Crippen LogP contribution < -0.4 is 4.90 Å². The first-order valence-electron chi connectivity index (χ1n) is 7.95. The lowest BCUT2D eigenvalue weighted by Crippen LogP contribution is -2.09. The molecule has 0 spiro atoms. The molecular formula is C21H18N4. The van der Waals surface area contributed by atoms with Gasteiger partial charge in [-0.2, -0.15) is 0 Å². The van der Waals surface area contributed by atoms with Crippen molar-refractivity contribution in [1.82, 2.24) is 15.0 Å². The van der Waals surface area contributed by atoms with E-state index in [2.05, 4.69) is 92.6 Å². The lowest BCUT2D eigenvalue weighted by molar-refractivity contribution is 1.05. The van der Waals surface area contributed by atoms with Crippen LogP contribution in [-0.4, -0.2) is 15.0 Å². The molecule has 25 heavy (non-hydrogen) atoms. The Hall–Kier alpha value is -3.53. The van der Waals surface area contributed by atoms with Gasteiger partial charge in [-0.1, -0.05) is 54.6 Å². The molecule has 4 nitrogen and oxygen atoms in total. The van der Waals surface area contributed by atoms with Crippen LogP contribution in [0.1, 0.15) is 0 Å². The largest absolute Gasteiger partial charge is 0.311 e. The van der Waals surface area contributed by atoms with Crippen LogP contribution in [0, 0.1) is 0 Å². The van der Waals surface area contributed by atoms with Gasteiger partial charge in [0.15, 0.2) is 0 Å². The molecule has 1 aromatic heterocycles. The number of para-hydroxylation sites is 3. The molecule has 4 heteroatoms. The Bertz CT molecular complexity index is 717. The molecule has 0 aliphatic heterocycles. The van der Waals surface area contributed by atoms with Crippen molar-refractivity contribution in [3.05, 3.63) is 110 Å². The second kappa shape index (κ2) is 8.93. The Morgan fingerprint density at radius 2 is 0.680 bits per heavy atom. The van der Waals surface area contributed by atoms with Crippen molar-refractivity contribution in [2.24, 2.45) is 0 Å². The summed E-state index contributed by atoms with van der Waals surface area (Å²) in [6.45, 7) is 0. The first-order valence-corrected chi connectivity index (χ1v) is 7.95. The van der Waals surface area contributed by atoms with Crippen LogP contribution in [0.25, 0.3) is 0 Å². The van der Waals surface area contributed by atoms with E-state index < -0.39 is 0 Å². The molecule has 0 aliphatic rings. The molecule has 0 fully saturated rings. The van der Waals surface area contributed by atoms with Crippen molar-refractivity contribution < 1.29 is 0 Å². The van der Waals surface area contributed by atoms with Gasteiger partial charge in [0, 0.05) is 17.1 Å². The molecule has 0 saturated heterocycles. The number of hydrogen-bond acceptors (Lipinski definition) is 4. The topological polar surface area (TPSA) is 41.9 Å². The lowest BCUT2D eigenvalue weighted by Gasteiger charge is -2.25. The average molecular weight is 326 g/mol. The van der Waals surface area contributed by atoms with E-state index in [1.165, 1.54) is 36.0 Å². The second-order valence-electron chi connectivity index (χ2n) is 5.14. The van der Waals surface area contributed by atoms with E-state index in [4.69, 9.17) is 0 Å². The summed E-state index contributed by atoms with van der Waals surface area (Å²) in [7, 11) is 0. The second-order valence-corrected chi connectivity index (χ2v) is 5.14. The molecule has 122 valence electrons. The fraction of sp³-hybridized carbons (Fsp3) is 0. The van der Waals surface area contributed by atoms with Crippen molar-refractivity contribution in [3.8, 4) is 0 Å². The van der Waals surface area contributed by atoms with Crippen molar-refractivity contribution in [1.29, 1.82) is 0 Å². The number of aromatic nitrogens is 3. The van der Waals surface area contributed by atoms with E-state index >= 15 is 0 Å². The van der Waals surface area contributed by atoms with E-state index in [0.29, 0.717) is 0 Å². The Balaban J connectivity index is 0.000000258. The maximum absolute atomic E-state index is 3.56. The molecule has 0 radical (unpaired) electrons. The Morgan fingerprint density at radius 3 is 0.920 bits per heavy atom. The van der Waals surface area contributed by atoms with Gasteiger partial charge < -0.3 is 4.90 Å². The summed E-state index contributed by atoms with van der Waals surface area (Å²) in [5, 5.41) is 0. The number of hydrogen-bond donors (Lipinski definition) is 0. The summed E-state index contributed by atoms with van der Waals surface area (Å²) in [4.78, 5) is 12.9. The number of anilines is 3. The van der Waals surface area contributed by atoms with Crippen LogP contribution in [0.15, 0.2) is 110 Å². The molecule has 0 atom stereocenters. The number of rotatable bonds is 3. The van der Waals surface area contributed by atoms with Crippen LogP contribution >= 0.6 is 0 Å². The average Bonchev–Trinajstić information content (AvgIpc) is 2.72.